The number of halogens is 3. The molecule has 2 aromatic carbocycles. The summed E-state index contributed by atoms with van der Waals surface area (Å²) < 4.78 is 44.1. The van der Waals surface area contributed by atoms with Crippen LogP contribution in [0.25, 0.3) is 10.6 Å². The first-order valence-corrected chi connectivity index (χ1v) is 11.7. The smallest absolute Gasteiger partial charge is 0.416 e. The van der Waals surface area contributed by atoms with Crippen molar-refractivity contribution in [2.75, 3.05) is 6.61 Å². The minimum Gasteiger partial charge on any atom is -0.486 e. The van der Waals surface area contributed by atoms with Crippen molar-refractivity contribution in [2.45, 2.75) is 52.6 Å². The third-order valence-corrected chi connectivity index (χ3v) is 6.43. The highest BCUT2D eigenvalue weighted by Gasteiger charge is 2.30. The maximum absolute atomic E-state index is 12.9. The van der Waals surface area contributed by atoms with Crippen LogP contribution in [0.4, 0.5) is 13.2 Å². The Morgan fingerprint density at radius 1 is 1.09 bits per heavy atom. The van der Waals surface area contributed by atoms with Crippen molar-refractivity contribution in [3.63, 3.8) is 0 Å². The lowest BCUT2D eigenvalue weighted by Gasteiger charge is -2.10. The number of aromatic nitrogens is 1. The molecule has 0 saturated heterocycles. The van der Waals surface area contributed by atoms with Gasteiger partial charge in [0.05, 0.1) is 11.3 Å². The Bertz CT molecular complexity index is 1180. The third kappa shape index (κ3) is 6.32. The Labute approximate surface area is 200 Å². The highest BCUT2D eigenvalue weighted by Crippen LogP contribution is 2.35. The molecular formula is C26H26F3NO3S. The molecule has 180 valence electrons. The third-order valence-electron chi connectivity index (χ3n) is 5.25. The minimum atomic E-state index is -4.39. The molecule has 0 aliphatic rings. The predicted molar refractivity (Wildman–Crippen MR) is 127 cm³/mol. The molecule has 1 aromatic heterocycles. The molecule has 3 rings (SSSR count). The molecule has 8 heteroatoms. The van der Waals surface area contributed by atoms with Crippen LogP contribution >= 0.6 is 11.3 Å². The van der Waals surface area contributed by atoms with Gasteiger partial charge in [-0.05, 0) is 49.9 Å². The number of alkyl halides is 3. The molecule has 3 aromatic rings. The quantitative estimate of drug-likeness (QED) is 0.302. The van der Waals surface area contributed by atoms with Crippen LogP contribution < -0.4 is 4.74 Å². The lowest BCUT2D eigenvalue weighted by Crippen LogP contribution is -2.08. The Balaban J connectivity index is 1.77. The van der Waals surface area contributed by atoms with Gasteiger partial charge in [-0.2, -0.15) is 13.2 Å². The van der Waals surface area contributed by atoms with Gasteiger partial charge >= 0.3 is 6.18 Å². The fourth-order valence-electron chi connectivity index (χ4n) is 3.40. The topological polar surface area (TPSA) is 56.3 Å². The number of carbonyl (C=O) groups is 2. The fourth-order valence-corrected chi connectivity index (χ4v) is 4.62. The number of benzene rings is 2. The number of thiazole rings is 1. The second-order valence-electron chi connectivity index (χ2n) is 8.45. The highest BCUT2D eigenvalue weighted by atomic mass is 32.1. The van der Waals surface area contributed by atoms with E-state index in [0.717, 1.165) is 28.3 Å². The Morgan fingerprint density at radius 2 is 1.76 bits per heavy atom. The van der Waals surface area contributed by atoms with E-state index < -0.39 is 11.7 Å². The maximum Gasteiger partial charge on any atom is 0.416 e. The number of nitrogens with zero attached hydrogens (tertiary/aromatic N) is 1. The standard InChI is InChI=1S/C26H26F3NO3S/c1-15(2)24-23(34-25(30-24)18-7-9-20(10-8-18)26(27,28)29)12-11-21(32)19-6-5-16(3)22(13-19)33-14-17(4)31/h5-10,13,15H,11-12,14H2,1-4H3. The number of rotatable bonds is 9. The lowest BCUT2D eigenvalue weighted by molar-refractivity contribution is -0.137. The summed E-state index contributed by atoms with van der Waals surface area (Å²) in [6.45, 7) is 7.22. The minimum absolute atomic E-state index is 0.0518. The number of ketones is 2. The summed E-state index contributed by atoms with van der Waals surface area (Å²) in [6, 6.07) is 10.1. The van der Waals surface area contributed by atoms with E-state index in [2.05, 4.69) is 4.98 Å². The predicted octanol–water partition coefficient (Wildman–Crippen LogP) is 7.04. The maximum atomic E-state index is 12.9. The second kappa shape index (κ2) is 10.5. The monoisotopic (exact) mass is 489 g/mol. The summed E-state index contributed by atoms with van der Waals surface area (Å²) in [5, 5.41) is 0.634. The van der Waals surface area contributed by atoms with E-state index >= 15 is 0 Å². The molecule has 0 radical (unpaired) electrons. The molecule has 0 unspecified atom stereocenters. The van der Waals surface area contributed by atoms with E-state index in [1.165, 1.54) is 30.4 Å². The molecule has 0 atom stereocenters. The molecule has 0 bridgehead atoms. The molecule has 0 fully saturated rings. The van der Waals surface area contributed by atoms with E-state index in [1.807, 2.05) is 20.8 Å². The molecule has 4 nitrogen and oxygen atoms in total. The van der Waals surface area contributed by atoms with Crippen molar-refractivity contribution in [3.8, 4) is 16.3 Å². The summed E-state index contributed by atoms with van der Waals surface area (Å²) in [5.41, 5.74) is 2.10. The molecule has 0 aliphatic heterocycles. The van der Waals surface area contributed by atoms with E-state index in [9.17, 15) is 22.8 Å². The van der Waals surface area contributed by atoms with Gasteiger partial charge in [0.15, 0.2) is 11.6 Å². The van der Waals surface area contributed by atoms with Crippen molar-refractivity contribution in [3.05, 3.63) is 69.7 Å². The largest absolute Gasteiger partial charge is 0.486 e. The highest BCUT2D eigenvalue weighted by molar-refractivity contribution is 7.15. The number of hydrogen-bond donors (Lipinski definition) is 0. The Kier molecular flexibility index (Phi) is 7.92. The van der Waals surface area contributed by atoms with E-state index in [1.54, 1.807) is 18.2 Å². The van der Waals surface area contributed by atoms with Crippen LogP contribution in [-0.4, -0.2) is 23.2 Å². The van der Waals surface area contributed by atoms with Crippen molar-refractivity contribution in [2.24, 2.45) is 0 Å². The first-order chi connectivity index (χ1) is 16.0. The molecule has 34 heavy (non-hydrogen) atoms. The summed E-state index contributed by atoms with van der Waals surface area (Å²) in [6.07, 6.45) is -3.66. The van der Waals surface area contributed by atoms with Gasteiger partial charge in [-0.3, -0.25) is 9.59 Å². The van der Waals surface area contributed by atoms with E-state index in [4.69, 9.17) is 4.74 Å². The van der Waals surface area contributed by atoms with Gasteiger partial charge < -0.3 is 4.74 Å². The van der Waals surface area contributed by atoms with Crippen molar-refractivity contribution < 1.29 is 27.5 Å². The first-order valence-electron chi connectivity index (χ1n) is 10.9. The van der Waals surface area contributed by atoms with Crippen LogP contribution in [0.15, 0.2) is 42.5 Å². The van der Waals surface area contributed by atoms with Crippen LogP contribution in [0.5, 0.6) is 5.75 Å². The summed E-state index contributed by atoms with van der Waals surface area (Å²) in [7, 11) is 0. The first kappa shape index (κ1) is 25.6. The Morgan fingerprint density at radius 3 is 2.35 bits per heavy atom. The van der Waals surface area contributed by atoms with Gasteiger partial charge in [-0.1, -0.05) is 38.1 Å². The van der Waals surface area contributed by atoms with E-state index in [0.29, 0.717) is 28.3 Å². The molecule has 0 saturated carbocycles. The summed E-state index contributed by atoms with van der Waals surface area (Å²) in [4.78, 5) is 29.7. The molecule has 0 aliphatic carbocycles. The van der Waals surface area contributed by atoms with Gasteiger partial charge in [0.2, 0.25) is 0 Å². The van der Waals surface area contributed by atoms with Gasteiger partial charge in [0.1, 0.15) is 17.4 Å². The van der Waals surface area contributed by atoms with Crippen LogP contribution in [0.1, 0.15) is 65.2 Å². The number of hydrogen-bond acceptors (Lipinski definition) is 5. The van der Waals surface area contributed by atoms with E-state index in [-0.39, 0.29) is 30.5 Å². The second-order valence-corrected chi connectivity index (χ2v) is 9.54. The normalized spacial score (nSPS) is 11.6. The molecule has 0 amide bonds. The fraction of sp³-hybridized carbons (Fsp3) is 0.346. The molecular weight excluding hydrogens is 463 g/mol. The van der Waals surface area contributed by atoms with Crippen LogP contribution in [0.2, 0.25) is 0 Å². The SMILES string of the molecule is CC(=O)COc1cc(C(=O)CCc2sc(-c3ccc(C(F)(F)F)cc3)nc2C(C)C)ccc1C. The number of ether oxygens (including phenoxy) is 1. The van der Waals surface area contributed by atoms with Gasteiger partial charge in [0.25, 0.3) is 0 Å². The van der Waals surface area contributed by atoms with Crippen LogP contribution in [-0.2, 0) is 17.4 Å². The van der Waals surface area contributed by atoms with Crippen molar-refractivity contribution in [1.82, 2.24) is 4.98 Å². The summed E-state index contributed by atoms with van der Waals surface area (Å²) >= 11 is 1.40. The van der Waals surface area contributed by atoms with Crippen molar-refractivity contribution in [1.29, 1.82) is 0 Å². The van der Waals surface area contributed by atoms with Gasteiger partial charge in [0, 0.05) is 22.4 Å². The van der Waals surface area contributed by atoms with Gasteiger partial charge in [-0.25, -0.2) is 4.98 Å². The van der Waals surface area contributed by atoms with Gasteiger partial charge in [-0.15, -0.1) is 11.3 Å². The zero-order valence-electron chi connectivity index (χ0n) is 19.5. The number of Topliss-reactive ketones (excluding diaryl/α,β-unsaturated/α-hetero) is 2. The number of carbonyl (C=O) groups excluding carboxylic acids is 2. The molecule has 0 spiro atoms. The average Bonchev–Trinajstić information content (AvgIpc) is 3.21. The summed E-state index contributed by atoms with van der Waals surface area (Å²) in [5.74, 6) is 0.444. The van der Waals surface area contributed by atoms with Crippen LogP contribution in [0, 0.1) is 6.92 Å². The van der Waals surface area contributed by atoms with Crippen LogP contribution in [0.3, 0.4) is 0 Å². The Hall–Kier alpha value is -3.00. The zero-order chi connectivity index (χ0) is 25.0. The molecule has 1 heterocycles. The lowest BCUT2D eigenvalue weighted by atomic mass is 10.0. The zero-order valence-corrected chi connectivity index (χ0v) is 20.3. The number of aryl methyl sites for hydroxylation is 2. The molecule has 0 N–H and O–H groups in total. The van der Waals surface area contributed by atoms with Crippen molar-refractivity contribution >= 4 is 22.9 Å². The average molecular weight is 490 g/mol.